The Morgan fingerprint density at radius 1 is 1.29 bits per heavy atom. The fourth-order valence-electron chi connectivity index (χ4n) is 1.05. The monoisotopic (exact) mass is 239 g/mol. The number of hydrogen-bond donors (Lipinski definition) is 2. The molecule has 0 bridgehead atoms. The molecule has 0 aromatic heterocycles. The van der Waals surface area contributed by atoms with E-state index in [1.807, 2.05) is 32.0 Å². The Bertz CT molecular complexity index is 323. The minimum absolute atomic E-state index is 0.0360. The number of hydrogen-bond acceptors (Lipinski definition) is 3. The summed E-state index contributed by atoms with van der Waals surface area (Å²) in [6, 6.07) is 9.15. The van der Waals surface area contributed by atoms with Crippen LogP contribution in [-0.2, 0) is 9.68 Å². The third-order valence-electron chi connectivity index (χ3n) is 2.07. The summed E-state index contributed by atoms with van der Waals surface area (Å²) >= 11 is 0. The molecule has 17 heavy (non-hydrogen) atoms. The van der Waals surface area contributed by atoms with E-state index in [1.165, 1.54) is 0 Å². The van der Waals surface area contributed by atoms with Crippen LogP contribution in [0, 0.1) is 5.41 Å². The molecule has 0 spiro atoms. The molecule has 2 N–H and O–H groups in total. The van der Waals surface area contributed by atoms with Crippen LogP contribution in [0.2, 0.25) is 0 Å². The Hall–Kier alpha value is -1.39. The van der Waals surface area contributed by atoms with Crippen molar-refractivity contribution in [2.24, 2.45) is 5.41 Å². The zero-order chi connectivity index (χ0) is 13.3. The highest BCUT2D eigenvalue weighted by Crippen LogP contribution is 2.18. The highest BCUT2D eigenvalue weighted by Gasteiger charge is 2.28. The molecule has 0 fully saturated rings. The van der Waals surface area contributed by atoms with E-state index in [9.17, 15) is 4.79 Å². The van der Waals surface area contributed by atoms with Gasteiger partial charge in [-0.1, -0.05) is 32.0 Å². The maximum Gasteiger partial charge on any atom is 0.232 e. The van der Waals surface area contributed by atoms with Crippen LogP contribution < -0.4 is 5.32 Å². The summed E-state index contributed by atoms with van der Waals surface area (Å²) in [6.07, 6.45) is 0. The average molecular weight is 239 g/mol. The van der Waals surface area contributed by atoms with E-state index in [0.717, 1.165) is 5.69 Å². The van der Waals surface area contributed by atoms with Crippen molar-refractivity contribution >= 4 is 11.6 Å². The molecule has 0 heterocycles. The molecule has 0 aliphatic carbocycles. The van der Waals surface area contributed by atoms with E-state index in [1.54, 1.807) is 26.0 Å². The fraction of sp³-hybridized carbons (Fsp3) is 0.462. The van der Waals surface area contributed by atoms with Crippen molar-refractivity contribution in [2.75, 3.05) is 11.9 Å². The van der Waals surface area contributed by atoms with Gasteiger partial charge in [-0.3, -0.25) is 10.1 Å². The minimum atomic E-state index is -0.759. The van der Waals surface area contributed by atoms with E-state index >= 15 is 0 Å². The molecule has 0 saturated heterocycles. The van der Waals surface area contributed by atoms with Gasteiger partial charge in [0.15, 0.2) is 0 Å². The molecule has 1 amide bonds. The van der Waals surface area contributed by atoms with Gasteiger partial charge in [0.1, 0.15) is 0 Å². The highest BCUT2D eigenvalue weighted by atomic mass is 17.1. The van der Waals surface area contributed by atoms with Gasteiger partial charge >= 0.3 is 0 Å². The molecule has 0 radical (unpaired) electrons. The zero-order valence-corrected chi connectivity index (χ0v) is 10.9. The third-order valence-corrected chi connectivity index (χ3v) is 2.07. The lowest BCUT2D eigenvalue weighted by atomic mass is 9.93. The van der Waals surface area contributed by atoms with Crippen LogP contribution in [0.1, 0.15) is 27.7 Å². The summed E-state index contributed by atoms with van der Waals surface area (Å²) in [4.78, 5) is 15.7. The summed E-state index contributed by atoms with van der Waals surface area (Å²) in [5, 5.41) is 11.1. The SMILES string of the molecule is CC.CC(C)(COO)C(=O)Nc1ccccc1. The number of nitrogens with one attached hydrogen (secondary N) is 1. The molecule has 0 atom stereocenters. The molecule has 1 aromatic carbocycles. The van der Waals surface area contributed by atoms with Gasteiger partial charge in [0.2, 0.25) is 5.91 Å². The molecule has 0 saturated carbocycles. The standard InChI is InChI=1S/C11H15NO3.C2H6/c1-11(2,8-15-14)10(13)12-9-6-4-3-5-7-9;1-2/h3-7,14H,8H2,1-2H3,(H,12,13);1-2H3. The predicted molar refractivity (Wildman–Crippen MR) is 68.8 cm³/mol. The van der Waals surface area contributed by atoms with Crippen molar-refractivity contribution in [2.45, 2.75) is 27.7 Å². The average Bonchev–Trinajstić information content (AvgIpc) is 2.33. The van der Waals surface area contributed by atoms with E-state index in [0.29, 0.717) is 0 Å². The second-order valence-corrected chi connectivity index (χ2v) is 3.98. The number of rotatable bonds is 4. The molecule has 4 heteroatoms. The smallest absolute Gasteiger partial charge is 0.232 e. The molecule has 4 nitrogen and oxygen atoms in total. The Kier molecular flexibility index (Phi) is 7.18. The van der Waals surface area contributed by atoms with E-state index in [4.69, 9.17) is 5.26 Å². The van der Waals surface area contributed by atoms with E-state index in [2.05, 4.69) is 10.2 Å². The molecule has 96 valence electrons. The van der Waals surface area contributed by atoms with Crippen LogP contribution in [-0.4, -0.2) is 17.8 Å². The van der Waals surface area contributed by atoms with Gasteiger partial charge in [-0.05, 0) is 26.0 Å². The van der Waals surface area contributed by atoms with Gasteiger partial charge in [0.25, 0.3) is 0 Å². The highest BCUT2D eigenvalue weighted by molar-refractivity contribution is 5.94. The quantitative estimate of drug-likeness (QED) is 0.626. The molecule has 0 aliphatic rings. The number of carbonyl (C=O) groups is 1. The molecule has 1 rings (SSSR count). The van der Waals surface area contributed by atoms with Crippen molar-refractivity contribution in [3.05, 3.63) is 30.3 Å². The first-order valence-corrected chi connectivity index (χ1v) is 5.69. The Morgan fingerprint density at radius 3 is 2.29 bits per heavy atom. The first-order chi connectivity index (χ1) is 8.06. The van der Waals surface area contributed by atoms with Gasteiger partial charge < -0.3 is 5.32 Å². The molecule has 1 aromatic rings. The number of para-hydroxylation sites is 1. The lowest BCUT2D eigenvalue weighted by Gasteiger charge is -2.21. The first-order valence-electron chi connectivity index (χ1n) is 5.69. The topological polar surface area (TPSA) is 58.6 Å². The molecular weight excluding hydrogens is 218 g/mol. The minimum Gasteiger partial charge on any atom is -0.326 e. The lowest BCUT2D eigenvalue weighted by molar-refractivity contribution is -0.257. The van der Waals surface area contributed by atoms with Crippen LogP contribution >= 0.6 is 0 Å². The number of carbonyl (C=O) groups excluding carboxylic acids is 1. The van der Waals surface area contributed by atoms with Crippen LogP contribution in [0.15, 0.2) is 30.3 Å². The summed E-state index contributed by atoms with van der Waals surface area (Å²) in [5.41, 5.74) is -0.0292. The second kappa shape index (κ2) is 7.81. The third kappa shape index (κ3) is 5.47. The molecular formula is C13H21NO3. The molecule has 0 aliphatic heterocycles. The number of amides is 1. The van der Waals surface area contributed by atoms with Crippen LogP contribution in [0.25, 0.3) is 0 Å². The maximum atomic E-state index is 11.7. The van der Waals surface area contributed by atoms with Crippen molar-refractivity contribution in [3.63, 3.8) is 0 Å². The number of anilines is 1. The number of benzene rings is 1. The van der Waals surface area contributed by atoms with Gasteiger partial charge in [-0.25, -0.2) is 4.89 Å². The van der Waals surface area contributed by atoms with Crippen molar-refractivity contribution in [3.8, 4) is 0 Å². The zero-order valence-electron chi connectivity index (χ0n) is 10.9. The summed E-state index contributed by atoms with van der Waals surface area (Å²) in [7, 11) is 0. The van der Waals surface area contributed by atoms with Crippen LogP contribution in [0.3, 0.4) is 0 Å². The fourth-order valence-corrected chi connectivity index (χ4v) is 1.05. The van der Waals surface area contributed by atoms with Gasteiger partial charge in [0, 0.05) is 5.69 Å². The Balaban J connectivity index is 0.00000121. The lowest BCUT2D eigenvalue weighted by Crippen LogP contribution is -2.34. The van der Waals surface area contributed by atoms with Gasteiger partial charge in [-0.15, -0.1) is 0 Å². The Morgan fingerprint density at radius 2 is 1.82 bits per heavy atom. The summed E-state index contributed by atoms with van der Waals surface area (Å²) < 4.78 is 0. The predicted octanol–water partition coefficient (Wildman–Crippen LogP) is 3.17. The second-order valence-electron chi connectivity index (χ2n) is 3.98. The first kappa shape index (κ1) is 15.6. The van der Waals surface area contributed by atoms with Crippen LogP contribution in [0.4, 0.5) is 5.69 Å². The molecule has 0 unspecified atom stereocenters. The van der Waals surface area contributed by atoms with E-state index < -0.39 is 5.41 Å². The van der Waals surface area contributed by atoms with E-state index in [-0.39, 0.29) is 12.5 Å². The summed E-state index contributed by atoms with van der Waals surface area (Å²) in [5.74, 6) is -0.192. The van der Waals surface area contributed by atoms with Crippen molar-refractivity contribution in [1.82, 2.24) is 0 Å². The Labute approximate surface area is 103 Å². The van der Waals surface area contributed by atoms with Crippen LogP contribution in [0.5, 0.6) is 0 Å². The maximum absolute atomic E-state index is 11.7. The largest absolute Gasteiger partial charge is 0.326 e. The normalized spacial score (nSPS) is 10.2. The van der Waals surface area contributed by atoms with Crippen molar-refractivity contribution in [1.29, 1.82) is 0 Å². The van der Waals surface area contributed by atoms with Crippen molar-refractivity contribution < 1.29 is 14.9 Å². The van der Waals surface area contributed by atoms with Gasteiger partial charge in [0.05, 0.1) is 12.0 Å². The summed E-state index contributed by atoms with van der Waals surface area (Å²) in [6.45, 7) is 7.36. The van der Waals surface area contributed by atoms with Gasteiger partial charge in [-0.2, -0.15) is 0 Å².